The molecule has 0 unspecified atom stereocenters. The molecule has 0 saturated heterocycles. The van der Waals surface area contributed by atoms with Gasteiger partial charge in [-0.25, -0.2) is 9.97 Å². The molecule has 16 heavy (non-hydrogen) atoms. The lowest BCUT2D eigenvalue weighted by Gasteiger charge is -2.02. The average Bonchev–Trinajstić information content (AvgIpc) is 2.79. The molecule has 0 bridgehead atoms. The Morgan fingerprint density at radius 2 is 2.38 bits per heavy atom. The van der Waals surface area contributed by atoms with Gasteiger partial charge in [-0.05, 0) is 6.07 Å². The van der Waals surface area contributed by atoms with Gasteiger partial charge in [0.15, 0.2) is 0 Å². The number of H-pyrrole nitrogens is 1. The van der Waals surface area contributed by atoms with E-state index in [2.05, 4.69) is 25.5 Å². The van der Waals surface area contributed by atoms with E-state index in [4.69, 9.17) is 0 Å². The van der Waals surface area contributed by atoms with E-state index < -0.39 is 4.92 Å². The topological polar surface area (TPSA) is 110 Å². The van der Waals surface area contributed by atoms with E-state index in [1.54, 1.807) is 0 Å². The van der Waals surface area contributed by atoms with Crippen LogP contribution in [-0.4, -0.2) is 25.1 Å². The van der Waals surface area contributed by atoms with Crippen LogP contribution in [0.25, 0.3) is 0 Å². The van der Waals surface area contributed by atoms with Crippen LogP contribution in [0.15, 0.2) is 24.7 Å². The first-order valence-corrected chi connectivity index (χ1v) is 4.45. The molecular weight excluding hydrogens is 212 g/mol. The SMILES string of the molecule is O=[N+]([O-])c1cccnc1NCc1ncn[nH]1. The summed E-state index contributed by atoms with van der Waals surface area (Å²) in [5, 5.41) is 19.8. The molecule has 0 aliphatic heterocycles. The van der Waals surface area contributed by atoms with Crippen molar-refractivity contribution in [3.8, 4) is 0 Å². The van der Waals surface area contributed by atoms with Crippen LogP contribution in [0.4, 0.5) is 11.5 Å². The fraction of sp³-hybridized carbons (Fsp3) is 0.125. The van der Waals surface area contributed by atoms with Gasteiger partial charge in [-0.15, -0.1) is 0 Å². The van der Waals surface area contributed by atoms with Crippen LogP contribution in [0.1, 0.15) is 5.82 Å². The number of nitro groups is 1. The van der Waals surface area contributed by atoms with Crippen molar-refractivity contribution in [3.05, 3.63) is 40.6 Å². The summed E-state index contributed by atoms with van der Waals surface area (Å²) < 4.78 is 0. The molecule has 82 valence electrons. The second kappa shape index (κ2) is 4.34. The Kier molecular flexibility index (Phi) is 2.72. The minimum Gasteiger partial charge on any atom is -0.357 e. The Morgan fingerprint density at radius 1 is 1.50 bits per heavy atom. The summed E-state index contributed by atoms with van der Waals surface area (Å²) in [7, 11) is 0. The maximum absolute atomic E-state index is 10.7. The second-order valence-corrected chi connectivity index (χ2v) is 2.91. The third-order valence-electron chi connectivity index (χ3n) is 1.87. The van der Waals surface area contributed by atoms with Crippen LogP contribution in [0, 0.1) is 10.1 Å². The van der Waals surface area contributed by atoms with Crippen molar-refractivity contribution < 1.29 is 4.92 Å². The average molecular weight is 220 g/mol. The summed E-state index contributed by atoms with van der Waals surface area (Å²) in [6.07, 6.45) is 2.85. The van der Waals surface area contributed by atoms with Crippen LogP contribution >= 0.6 is 0 Å². The Bertz CT molecular complexity index is 483. The maximum atomic E-state index is 10.7. The van der Waals surface area contributed by atoms with E-state index >= 15 is 0 Å². The number of pyridine rings is 1. The molecule has 0 aliphatic rings. The smallest absolute Gasteiger partial charge is 0.311 e. The van der Waals surface area contributed by atoms with Gasteiger partial charge in [0.2, 0.25) is 5.82 Å². The molecule has 8 heteroatoms. The summed E-state index contributed by atoms with van der Waals surface area (Å²) in [6, 6.07) is 2.90. The minimum atomic E-state index is -0.490. The first kappa shape index (κ1) is 10.0. The van der Waals surface area contributed by atoms with Crippen molar-refractivity contribution in [1.29, 1.82) is 0 Å². The molecule has 2 N–H and O–H groups in total. The van der Waals surface area contributed by atoms with Gasteiger partial charge in [-0.2, -0.15) is 5.10 Å². The van der Waals surface area contributed by atoms with Gasteiger partial charge in [-0.1, -0.05) is 0 Å². The van der Waals surface area contributed by atoms with E-state index in [9.17, 15) is 10.1 Å². The number of hydrogen-bond acceptors (Lipinski definition) is 6. The van der Waals surface area contributed by atoms with Gasteiger partial charge in [0.25, 0.3) is 0 Å². The molecule has 0 aliphatic carbocycles. The third kappa shape index (κ3) is 2.11. The summed E-state index contributed by atoms with van der Waals surface area (Å²) in [5.74, 6) is 0.795. The fourth-order valence-electron chi connectivity index (χ4n) is 1.16. The van der Waals surface area contributed by atoms with Crippen molar-refractivity contribution in [3.63, 3.8) is 0 Å². The fourth-order valence-corrected chi connectivity index (χ4v) is 1.16. The summed E-state index contributed by atoms with van der Waals surface area (Å²) in [6.45, 7) is 0.303. The van der Waals surface area contributed by atoms with Crippen LogP contribution in [0.5, 0.6) is 0 Å². The lowest BCUT2D eigenvalue weighted by atomic mass is 10.4. The lowest BCUT2D eigenvalue weighted by molar-refractivity contribution is -0.384. The van der Waals surface area contributed by atoms with Gasteiger partial charge in [-0.3, -0.25) is 15.2 Å². The number of aromatic amines is 1. The van der Waals surface area contributed by atoms with Crippen molar-refractivity contribution in [2.75, 3.05) is 5.32 Å². The minimum absolute atomic E-state index is 0.0676. The number of nitrogens with zero attached hydrogens (tertiary/aromatic N) is 4. The first-order valence-electron chi connectivity index (χ1n) is 4.45. The number of nitrogens with one attached hydrogen (secondary N) is 2. The summed E-state index contributed by atoms with van der Waals surface area (Å²) >= 11 is 0. The van der Waals surface area contributed by atoms with Gasteiger partial charge < -0.3 is 5.32 Å². The molecule has 0 aromatic carbocycles. The Balaban J connectivity index is 2.12. The van der Waals surface area contributed by atoms with Crippen molar-refractivity contribution in [1.82, 2.24) is 20.2 Å². The van der Waals surface area contributed by atoms with Gasteiger partial charge in [0.1, 0.15) is 12.2 Å². The normalized spacial score (nSPS) is 10.0. The zero-order valence-corrected chi connectivity index (χ0v) is 8.12. The maximum Gasteiger partial charge on any atom is 0.311 e. The van der Waals surface area contributed by atoms with Crippen molar-refractivity contribution in [2.45, 2.75) is 6.54 Å². The molecule has 0 amide bonds. The summed E-state index contributed by atoms with van der Waals surface area (Å²) in [4.78, 5) is 17.9. The van der Waals surface area contributed by atoms with E-state index in [-0.39, 0.29) is 11.5 Å². The molecule has 0 radical (unpaired) electrons. The predicted octanol–water partition coefficient (Wildman–Crippen LogP) is 0.720. The van der Waals surface area contributed by atoms with Gasteiger partial charge in [0.05, 0.1) is 11.5 Å². The molecular formula is C8H8N6O2. The van der Waals surface area contributed by atoms with E-state index in [0.29, 0.717) is 12.4 Å². The zero-order chi connectivity index (χ0) is 11.4. The van der Waals surface area contributed by atoms with Gasteiger partial charge >= 0.3 is 5.69 Å². The number of aromatic nitrogens is 4. The van der Waals surface area contributed by atoms with Crippen LogP contribution < -0.4 is 5.32 Å². The molecule has 2 aromatic rings. The third-order valence-corrected chi connectivity index (χ3v) is 1.87. The lowest BCUT2D eigenvalue weighted by Crippen LogP contribution is -2.05. The monoisotopic (exact) mass is 220 g/mol. The first-order chi connectivity index (χ1) is 7.77. The van der Waals surface area contributed by atoms with E-state index in [0.717, 1.165) is 0 Å². The molecule has 0 fully saturated rings. The molecule has 2 heterocycles. The van der Waals surface area contributed by atoms with Crippen LogP contribution in [0.3, 0.4) is 0 Å². The Morgan fingerprint density at radius 3 is 3.06 bits per heavy atom. The molecule has 0 saturated carbocycles. The Hall–Kier alpha value is -2.51. The highest BCUT2D eigenvalue weighted by molar-refractivity contribution is 5.54. The highest BCUT2D eigenvalue weighted by Crippen LogP contribution is 2.20. The molecule has 2 aromatic heterocycles. The quantitative estimate of drug-likeness (QED) is 0.580. The van der Waals surface area contributed by atoms with Crippen LogP contribution in [0.2, 0.25) is 0 Å². The molecule has 2 rings (SSSR count). The number of rotatable bonds is 4. The molecule has 0 atom stereocenters. The largest absolute Gasteiger partial charge is 0.357 e. The van der Waals surface area contributed by atoms with Gasteiger partial charge in [0, 0.05) is 12.3 Å². The highest BCUT2D eigenvalue weighted by atomic mass is 16.6. The van der Waals surface area contributed by atoms with Crippen molar-refractivity contribution >= 4 is 11.5 Å². The summed E-state index contributed by atoms with van der Waals surface area (Å²) in [5.41, 5.74) is -0.0676. The van der Waals surface area contributed by atoms with Crippen molar-refractivity contribution in [2.24, 2.45) is 0 Å². The standard InChI is InChI=1S/C8H8N6O2/c15-14(16)6-2-1-3-9-8(6)10-4-7-11-5-12-13-7/h1-3,5H,4H2,(H,9,10)(H,11,12,13). The van der Waals surface area contributed by atoms with Crippen LogP contribution in [-0.2, 0) is 6.54 Å². The number of hydrogen-bond donors (Lipinski definition) is 2. The zero-order valence-electron chi connectivity index (χ0n) is 8.12. The second-order valence-electron chi connectivity index (χ2n) is 2.91. The Labute approximate surface area is 89.9 Å². The van der Waals surface area contributed by atoms with E-state index in [1.165, 1.54) is 24.7 Å². The van der Waals surface area contributed by atoms with E-state index in [1.807, 2.05) is 0 Å². The number of anilines is 1. The molecule has 0 spiro atoms. The molecule has 8 nitrogen and oxygen atoms in total. The highest BCUT2D eigenvalue weighted by Gasteiger charge is 2.13. The predicted molar refractivity (Wildman–Crippen MR) is 54.6 cm³/mol.